The quantitative estimate of drug-likeness (QED) is 0.601. The van der Waals surface area contributed by atoms with Gasteiger partial charge in [-0.15, -0.1) is 0 Å². The van der Waals surface area contributed by atoms with E-state index in [1.54, 1.807) is 0 Å². The van der Waals surface area contributed by atoms with Crippen molar-refractivity contribution in [3.05, 3.63) is 0 Å². The van der Waals surface area contributed by atoms with E-state index in [2.05, 4.69) is 63.5 Å². The molecule has 0 aliphatic heterocycles. The molecule has 0 saturated carbocycles. The highest BCUT2D eigenvalue weighted by atomic mass is 15.5. The van der Waals surface area contributed by atoms with Crippen LogP contribution in [0.2, 0.25) is 0 Å². The topological polar surface area (TPSA) is 9.72 Å². The fourth-order valence-electron chi connectivity index (χ4n) is 2.44. The first kappa shape index (κ1) is 14.9. The molecule has 3 nitrogen and oxygen atoms in total. The molecule has 0 amide bonds. The first-order valence-corrected chi connectivity index (χ1v) is 6.14. The monoisotopic (exact) mass is 215 g/mol. The summed E-state index contributed by atoms with van der Waals surface area (Å²) in [5, 5.41) is 0. The van der Waals surface area contributed by atoms with Crippen LogP contribution in [0.5, 0.6) is 0 Å². The molecule has 0 rings (SSSR count). The fraction of sp³-hybridized carbons (Fsp3) is 1.00. The first-order valence-electron chi connectivity index (χ1n) is 6.14. The van der Waals surface area contributed by atoms with Crippen molar-refractivity contribution < 1.29 is 0 Å². The van der Waals surface area contributed by atoms with Crippen molar-refractivity contribution in [2.45, 2.75) is 39.9 Å². The number of hydrogen-bond acceptors (Lipinski definition) is 3. The molecule has 0 aromatic heterocycles. The van der Waals surface area contributed by atoms with Gasteiger partial charge in [0, 0.05) is 0 Å². The van der Waals surface area contributed by atoms with E-state index in [9.17, 15) is 0 Å². The SMILES string of the molecule is CCN(C)C(CC)(N(C)CC)N(C)CC. The van der Waals surface area contributed by atoms with Gasteiger partial charge in [0.05, 0.1) is 0 Å². The Morgan fingerprint density at radius 1 is 0.667 bits per heavy atom. The van der Waals surface area contributed by atoms with Crippen LogP contribution in [-0.2, 0) is 0 Å². The third kappa shape index (κ3) is 2.71. The van der Waals surface area contributed by atoms with E-state index in [1.165, 1.54) is 0 Å². The summed E-state index contributed by atoms with van der Waals surface area (Å²) in [6.07, 6.45) is 1.12. The van der Waals surface area contributed by atoms with Crippen LogP contribution >= 0.6 is 0 Å². The number of hydrogen-bond donors (Lipinski definition) is 0. The molecule has 0 aromatic carbocycles. The first-order chi connectivity index (χ1) is 7.00. The Hall–Kier alpha value is -0.120. The maximum atomic E-state index is 2.43. The Kier molecular flexibility index (Phi) is 6.41. The summed E-state index contributed by atoms with van der Waals surface area (Å²) in [5.74, 6) is 0.0677. The van der Waals surface area contributed by atoms with E-state index in [4.69, 9.17) is 0 Å². The molecule has 0 saturated heterocycles. The molecule has 92 valence electrons. The Bertz CT molecular complexity index is 144. The van der Waals surface area contributed by atoms with Gasteiger partial charge in [0.2, 0.25) is 0 Å². The lowest BCUT2D eigenvalue weighted by Gasteiger charge is -2.52. The van der Waals surface area contributed by atoms with E-state index >= 15 is 0 Å². The normalized spacial score (nSPS) is 13.2. The summed E-state index contributed by atoms with van der Waals surface area (Å²) in [7, 11) is 6.63. The highest BCUT2D eigenvalue weighted by Gasteiger charge is 2.38. The van der Waals surface area contributed by atoms with Gasteiger partial charge < -0.3 is 0 Å². The van der Waals surface area contributed by atoms with Gasteiger partial charge >= 0.3 is 0 Å². The van der Waals surface area contributed by atoms with Crippen molar-refractivity contribution in [2.75, 3.05) is 40.8 Å². The van der Waals surface area contributed by atoms with E-state index in [-0.39, 0.29) is 5.79 Å². The summed E-state index contributed by atoms with van der Waals surface area (Å²) < 4.78 is 0. The van der Waals surface area contributed by atoms with E-state index in [0.29, 0.717) is 0 Å². The fourth-order valence-corrected chi connectivity index (χ4v) is 2.44. The number of rotatable bonds is 7. The van der Waals surface area contributed by atoms with Crippen molar-refractivity contribution in [1.29, 1.82) is 0 Å². The van der Waals surface area contributed by atoms with Gasteiger partial charge in [0.15, 0.2) is 0 Å². The van der Waals surface area contributed by atoms with Gasteiger partial charge in [0.25, 0.3) is 0 Å². The van der Waals surface area contributed by atoms with Crippen molar-refractivity contribution in [2.24, 2.45) is 0 Å². The molecule has 0 atom stereocenters. The van der Waals surface area contributed by atoms with Crippen LogP contribution in [0.25, 0.3) is 0 Å². The van der Waals surface area contributed by atoms with Gasteiger partial charge in [0.1, 0.15) is 5.79 Å². The third-order valence-electron chi connectivity index (χ3n) is 3.73. The standard InChI is InChI=1S/C12H29N3/c1-8-12(13(5)9-2,14(6)10-3)15(7)11-4/h8-11H2,1-7H3. The second-order valence-corrected chi connectivity index (χ2v) is 4.17. The second kappa shape index (κ2) is 6.46. The van der Waals surface area contributed by atoms with Gasteiger partial charge in [-0.2, -0.15) is 0 Å². The van der Waals surface area contributed by atoms with Crippen LogP contribution in [0.15, 0.2) is 0 Å². The Morgan fingerprint density at radius 3 is 1.07 bits per heavy atom. The van der Waals surface area contributed by atoms with Crippen LogP contribution in [-0.4, -0.2) is 61.3 Å². The van der Waals surface area contributed by atoms with Crippen molar-refractivity contribution in [3.63, 3.8) is 0 Å². The van der Waals surface area contributed by atoms with E-state index < -0.39 is 0 Å². The smallest absolute Gasteiger partial charge is 0.130 e. The summed E-state index contributed by atoms with van der Waals surface area (Å²) in [5.41, 5.74) is 0. The molecule has 0 bridgehead atoms. The minimum atomic E-state index is 0.0677. The third-order valence-corrected chi connectivity index (χ3v) is 3.73. The molecular weight excluding hydrogens is 186 g/mol. The lowest BCUT2D eigenvalue weighted by atomic mass is 10.1. The molecule has 0 radical (unpaired) electrons. The molecule has 0 aliphatic carbocycles. The molecule has 0 N–H and O–H groups in total. The van der Waals surface area contributed by atoms with Gasteiger partial charge in [-0.25, -0.2) is 0 Å². The van der Waals surface area contributed by atoms with Crippen LogP contribution in [0.3, 0.4) is 0 Å². The average Bonchev–Trinajstić information content (AvgIpc) is 2.29. The van der Waals surface area contributed by atoms with Crippen LogP contribution < -0.4 is 0 Å². The average molecular weight is 215 g/mol. The van der Waals surface area contributed by atoms with E-state index in [1.807, 2.05) is 0 Å². The Balaban J connectivity index is 5.09. The Labute approximate surface area is 96.0 Å². The molecular formula is C12H29N3. The molecule has 0 fully saturated rings. The lowest BCUT2D eigenvalue weighted by molar-refractivity contribution is -0.138. The maximum Gasteiger partial charge on any atom is 0.130 e. The minimum Gasteiger partial charge on any atom is -0.276 e. The van der Waals surface area contributed by atoms with Crippen molar-refractivity contribution >= 4 is 0 Å². The summed E-state index contributed by atoms with van der Waals surface area (Å²) in [4.78, 5) is 7.29. The van der Waals surface area contributed by atoms with E-state index in [0.717, 1.165) is 26.1 Å². The molecule has 15 heavy (non-hydrogen) atoms. The zero-order chi connectivity index (χ0) is 12.1. The molecule has 0 heterocycles. The highest BCUT2D eigenvalue weighted by Crippen LogP contribution is 2.25. The zero-order valence-electron chi connectivity index (χ0n) is 11.7. The Morgan fingerprint density at radius 2 is 0.933 bits per heavy atom. The van der Waals surface area contributed by atoms with Gasteiger partial charge in [-0.1, -0.05) is 27.7 Å². The van der Waals surface area contributed by atoms with Crippen LogP contribution in [0, 0.1) is 0 Å². The molecule has 0 unspecified atom stereocenters. The molecule has 0 aliphatic rings. The zero-order valence-corrected chi connectivity index (χ0v) is 11.7. The van der Waals surface area contributed by atoms with Crippen molar-refractivity contribution in [1.82, 2.24) is 14.7 Å². The second-order valence-electron chi connectivity index (χ2n) is 4.17. The lowest BCUT2D eigenvalue weighted by Crippen LogP contribution is -2.66. The summed E-state index contributed by atoms with van der Waals surface area (Å²) >= 11 is 0. The predicted octanol–water partition coefficient (Wildman–Crippen LogP) is 1.91. The highest BCUT2D eigenvalue weighted by molar-refractivity contribution is 4.84. The van der Waals surface area contributed by atoms with Crippen LogP contribution in [0.4, 0.5) is 0 Å². The molecule has 0 spiro atoms. The largest absolute Gasteiger partial charge is 0.276 e. The number of nitrogens with zero attached hydrogens (tertiary/aromatic N) is 3. The molecule has 3 heteroatoms. The van der Waals surface area contributed by atoms with Gasteiger partial charge in [-0.05, 0) is 47.2 Å². The predicted molar refractivity (Wildman–Crippen MR) is 67.9 cm³/mol. The van der Waals surface area contributed by atoms with Crippen molar-refractivity contribution in [3.8, 4) is 0 Å². The molecule has 0 aromatic rings. The van der Waals surface area contributed by atoms with Crippen LogP contribution in [0.1, 0.15) is 34.1 Å². The summed E-state index contributed by atoms with van der Waals surface area (Å²) in [6, 6.07) is 0. The summed E-state index contributed by atoms with van der Waals surface area (Å²) in [6.45, 7) is 12.1. The van der Waals surface area contributed by atoms with Gasteiger partial charge in [-0.3, -0.25) is 14.7 Å². The maximum absolute atomic E-state index is 2.43. The minimum absolute atomic E-state index is 0.0677.